The highest BCUT2D eigenvalue weighted by Crippen LogP contribution is 2.24. The molecule has 0 radical (unpaired) electrons. The molecule has 116 valence electrons. The number of carbonyl (C=O) groups excluding carboxylic acids is 1. The molecule has 5 heteroatoms. The molecule has 1 aliphatic heterocycles. The van der Waals surface area contributed by atoms with Crippen LogP contribution in [0.3, 0.4) is 0 Å². The predicted octanol–water partition coefficient (Wildman–Crippen LogP) is 3.61. The third-order valence-corrected chi connectivity index (χ3v) is 4.61. The second-order valence-corrected chi connectivity index (χ2v) is 6.43. The van der Waals surface area contributed by atoms with Gasteiger partial charge in [0.05, 0.1) is 0 Å². The van der Waals surface area contributed by atoms with Gasteiger partial charge in [-0.1, -0.05) is 30.3 Å². The van der Waals surface area contributed by atoms with Crippen LogP contribution in [-0.2, 0) is 0 Å². The molecule has 1 aromatic carbocycles. The fourth-order valence-corrected chi connectivity index (χ4v) is 3.20. The molecule has 0 aliphatic carbocycles. The monoisotopic (exact) mass is 362 g/mol. The molecule has 1 fully saturated rings. The number of halogens is 1. The topological polar surface area (TPSA) is 45.5 Å². The average Bonchev–Trinajstić information content (AvgIpc) is 3.16. The van der Waals surface area contributed by atoms with E-state index in [2.05, 4.69) is 57.3 Å². The van der Waals surface area contributed by atoms with Crippen LogP contribution in [0.25, 0.3) is 0 Å². The van der Waals surface area contributed by atoms with Crippen molar-refractivity contribution in [3.8, 4) is 0 Å². The van der Waals surface area contributed by atoms with Gasteiger partial charge in [0.1, 0.15) is 0 Å². The number of carbonyl (C=O) groups is 1. The summed E-state index contributed by atoms with van der Waals surface area (Å²) in [6, 6.07) is 14.4. The quantitative estimate of drug-likeness (QED) is 0.903. The van der Waals surface area contributed by atoms with E-state index in [1.807, 2.05) is 6.07 Å². The lowest BCUT2D eigenvalue weighted by molar-refractivity contribution is 0.0907. The van der Waals surface area contributed by atoms with Gasteiger partial charge in [-0.25, -0.2) is 0 Å². The summed E-state index contributed by atoms with van der Waals surface area (Å²) in [7, 11) is 0. The van der Waals surface area contributed by atoms with Gasteiger partial charge in [-0.3, -0.25) is 9.69 Å². The molecule has 0 spiro atoms. The molecule has 1 aliphatic rings. The van der Waals surface area contributed by atoms with Gasteiger partial charge in [0, 0.05) is 25.2 Å². The lowest BCUT2D eigenvalue weighted by Crippen LogP contribution is -2.37. The fraction of sp³-hybridized carbons (Fsp3) is 0.353. The van der Waals surface area contributed by atoms with Crippen molar-refractivity contribution in [2.75, 3.05) is 13.1 Å². The molecule has 2 aromatic rings. The van der Waals surface area contributed by atoms with Gasteiger partial charge in [-0.15, -0.1) is 0 Å². The summed E-state index contributed by atoms with van der Waals surface area (Å²) in [5.74, 6) is 0.200. The Labute approximate surface area is 138 Å². The van der Waals surface area contributed by atoms with E-state index in [0.29, 0.717) is 16.5 Å². The normalized spacial score (nSPS) is 20.0. The molecule has 2 heterocycles. The Morgan fingerprint density at radius 2 is 2.09 bits per heavy atom. The Morgan fingerprint density at radius 3 is 2.77 bits per heavy atom. The van der Waals surface area contributed by atoms with E-state index < -0.39 is 0 Å². The van der Waals surface area contributed by atoms with E-state index in [-0.39, 0.29) is 11.9 Å². The highest BCUT2D eigenvalue weighted by molar-refractivity contribution is 9.10. The third kappa shape index (κ3) is 3.42. The van der Waals surface area contributed by atoms with E-state index in [0.717, 1.165) is 19.5 Å². The van der Waals surface area contributed by atoms with E-state index in [1.165, 1.54) is 5.56 Å². The van der Waals surface area contributed by atoms with Crippen LogP contribution in [0.2, 0.25) is 0 Å². The van der Waals surface area contributed by atoms with Crippen LogP contribution in [0.4, 0.5) is 0 Å². The van der Waals surface area contributed by atoms with Crippen LogP contribution in [0.5, 0.6) is 0 Å². The summed E-state index contributed by atoms with van der Waals surface area (Å²) in [4.78, 5) is 14.5. The predicted molar refractivity (Wildman–Crippen MR) is 88.7 cm³/mol. The van der Waals surface area contributed by atoms with Gasteiger partial charge in [-0.05, 0) is 47.0 Å². The summed E-state index contributed by atoms with van der Waals surface area (Å²) < 4.78 is 5.86. The molecule has 4 nitrogen and oxygen atoms in total. The first kappa shape index (κ1) is 15.3. The van der Waals surface area contributed by atoms with Crippen molar-refractivity contribution in [3.63, 3.8) is 0 Å². The molecule has 22 heavy (non-hydrogen) atoms. The molecular weight excluding hydrogens is 344 g/mol. The van der Waals surface area contributed by atoms with Crippen molar-refractivity contribution in [1.29, 1.82) is 0 Å². The fourth-order valence-electron chi connectivity index (χ4n) is 2.89. The summed E-state index contributed by atoms with van der Waals surface area (Å²) in [6.45, 7) is 4.07. The second-order valence-electron chi connectivity index (χ2n) is 5.64. The van der Waals surface area contributed by atoms with E-state index >= 15 is 0 Å². The van der Waals surface area contributed by atoms with Crippen molar-refractivity contribution < 1.29 is 9.21 Å². The first-order valence-electron chi connectivity index (χ1n) is 7.48. The maximum Gasteiger partial charge on any atom is 0.287 e. The molecule has 0 bridgehead atoms. The van der Waals surface area contributed by atoms with Crippen molar-refractivity contribution in [2.24, 2.45) is 0 Å². The largest absolute Gasteiger partial charge is 0.444 e. The number of nitrogens with one attached hydrogen (secondary N) is 1. The smallest absolute Gasteiger partial charge is 0.287 e. The minimum atomic E-state index is -0.148. The molecule has 1 amide bonds. The van der Waals surface area contributed by atoms with Crippen molar-refractivity contribution in [2.45, 2.75) is 25.4 Å². The molecule has 1 aromatic heterocycles. The van der Waals surface area contributed by atoms with Crippen LogP contribution >= 0.6 is 15.9 Å². The molecule has 1 saturated heterocycles. The van der Waals surface area contributed by atoms with Gasteiger partial charge in [0.25, 0.3) is 5.91 Å². The first-order chi connectivity index (χ1) is 10.6. The Kier molecular flexibility index (Phi) is 4.64. The van der Waals surface area contributed by atoms with E-state index in [9.17, 15) is 4.79 Å². The average molecular weight is 363 g/mol. The molecule has 1 N–H and O–H groups in total. The zero-order valence-corrected chi connectivity index (χ0v) is 14.0. The Hall–Kier alpha value is -1.59. The number of nitrogens with zero attached hydrogens (tertiary/aromatic N) is 1. The zero-order chi connectivity index (χ0) is 15.5. The summed E-state index contributed by atoms with van der Waals surface area (Å²) in [6.07, 6.45) is 0.963. The number of likely N-dealkylation sites (tertiary alicyclic amines) is 1. The summed E-state index contributed by atoms with van der Waals surface area (Å²) in [5.41, 5.74) is 1.31. The molecule has 0 saturated carbocycles. The number of rotatable bonds is 4. The third-order valence-electron chi connectivity index (χ3n) is 4.18. The van der Waals surface area contributed by atoms with Gasteiger partial charge < -0.3 is 9.73 Å². The van der Waals surface area contributed by atoms with Gasteiger partial charge in [-0.2, -0.15) is 0 Å². The highest BCUT2D eigenvalue weighted by Gasteiger charge is 2.28. The number of hydrogen-bond donors (Lipinski definition) is 1. The molecule has 2 atom stereocenters. The van der Waals surface area contributed by atoms with E-state index in [1.54, 1.807) is 12.1 Å². The number of hydrogen-bond acceptors (Lipinski definition) is 3. The van der Waals surface area contributed by atoms with Gasteiger partial charge in [0.2, 0.25) is 0 Å². The van der Waals surface area contributed by atoms with Gasteiger partial charge >= 0.3 is 0 Å². The minimum Gasteiger partial charge on any atom is -0.444 e. The Morgan fingerprint density at radius 1 is 1.32 bits per heavy atom. The summed E-state index contributed by atoms with van der Waals surface area (Å²) >= 11 is 3.21. The van der Waals surface area contributed by atoms with Crippen LogP contribution < -0.4 is 5.32 Å². The van der Waals surface area contributed by atoms with Crippen LogP contribution in [0.1, 0.15) is 35.5 Å². The second kappa shape index (κ2) is 6.67. The van der Waals surface area contributed by atoms with Crippen molar-refractivity contribution >= 4 is 21.8 Å². The van der Waals surface area contributed by atoms with Crippen LogP contribution in [0.15, 0.2) is 51.6 Å². The molecule has 2 unspecified atom stereocenters. The Balaban J connectivity index is 1.57. The minimum absolute atomic E-state index is 0.148. The maximum atomic E-state index is 12.1. The first-order valence-corrected chi connectivity index (χ1v) is 8.28. The maximum absolute atomic E-state index is 12.1. The van der Waals surface area contributed by atoms with Crippen molar-refractivity contribution in [1.82, 2.24) is 10.2 Å². The van der Waals surface area contributed by atoms with Crippen LogP contribution in [0, 0.1) is 0 Å². The molecule has 3 rings (SSSR count). The summed E-state index contributed by atoms with van der Waals surface area (Å²) in [5, 5.41) is 3.05. The standard InChI is InChI=1S/C17H19BrN2O2/c1-12(13-5-3-2-4-6-13)20-10-9-14(11-20)19-17(21)15-7-8-16(18)22-15/h2-8,12,14H,9-11H2,1H3,(H,19,21). The lowest BCUT2D eigenvalue weighted by atomic mass is 10.1. The number of benzene rings is 1. The van der Waals surface area contributed by atoms with Gasteiger partial charge in [0.15, 0.2) is 10.4 Å². The van der Waals surface area contributed by atoms with Crippen LogP contribution in [-0.4, -0.2) is 29.9 Å². The number of amides is 1. The zero-order valence-electron chi connectivity index (χ0n) is 12.5. The number of furan rings is 1. The highest BCUT2D eigenvalue weighted by atomic mass is 79.9. The SMILES string of the molecule is CC(c1ccccc1)N1CCC(NC(=O)c2ccc(Br)o2)C1. The van der Waals surface area contributed by atoms with E-state index in [4.69, 9.17) is 4.42 Å². The Bertz CT molecular complexity index is 641. The lowest BCUT2D eigenvalue weighted by Gasteiger charge is -2.24. The molecular formula is C17H19BrN2O2. The van der Waals surface area contributed by atoms with Crippen molar-refractivity contribution in [3.05, 3.63) is 58.5 Å².